The molecule has 2 heterocycles. The van der Waals surface area contributed by atoms with E-state index in [1.165, 1.54) is 0 Å². The van der Waals surface area contributed by atoms with Gasteiger partial charge in [-0.2, -0.15) is 0 Å². The quantitative estimate of drug-likeness (QED) is 0.769. The molecule has 0 aliphatic carbocycles. The van der Waals surface area contributed by atoms with Gasteiger partial charge in [0.15, 0.2) is 5.65 Å². The molecule has 0 fully saturated rings. The molecule has 0 spiro atoms. The first-order valence-electron chi connectivity index (χ1n) is 6.81. The highest BCUT2D eigenvalue weighted by Crippen LogP contribution is 2.34. The van der Waals surface area contributed by atoms with Crippen LogP contribution in [0.15, 0.2) is 42.9 Å². The van der Waals surface area contributed by atoms with Crippen LogP contribution in [-0.4, -0.2) is 19.9 Å². The van der Waals surface area contributed by atoms with Crippen LogP contribution in [0.1, 0.15) is 20.8 Å². The summed E-state index contributed by atoms with van der Waals surface area (Å²) in [4.78, 5) is 8.82. The monoisotopic (exact) mass is 300 g/mol. The van der Waals surface area contributed by atoms with Crippen LogP contribution in [-0.2, 0) is 0 Å². The van der Waals surface area contributed by atoms with Crippen LogP contribution < -0.4 is 5.32 Å². The molecular weight excluding hydrogens is 284 g/mol. The number of aromatic nitrogens is 3. The van der Waals surface area contributed by atoms with Crippen molar-refractivity contribution in [3.63, 3.8) is 0 Å². The largest absolute Gasteiger partial charge is 0.365 e. The Hall–Kier alpha value is -2.07. The fourth-order valence-electron chi connectivity index (χ4n) is 2.22. The average Bonchev–Trinajstić information content (AvgIpc) is 2.76. The first-order valence-corrected chi connectivity index (χ1v) is 7.19. The third-order valence-electron chi connectivity index (χ3n) is 3.05. The van der Waals surface area contributed by atoms with Crippen molar-refractivity contribution in [3.8, 4) is 11.3 Å². The minimum absolute atomic E-state index is 0.0881. The molecule has 0 saturated heterocycles. The van der Waals surface area contributed by atoms with Crippen LogP contribution >= 0.6 is 11.6 Å². The van der Waals surface area contributed by atoms with E-state index in [9.17, 15) is 0 Å². The van der Waals surface area contributed by atoms with Crippen LogP contribution in [0.3, 0.4) is 0 Å². The lowest BCUT2D eigenvalue weighted by Gasteiger charge is -2.22. The van der Waals surface area contributed by atoms with Crippen LogP contribution in [0, 0.1) is 0 Å². The maximum Gasteiger partial charge on any atom is 0.157 e. The van der Waals surface area contributed by atoms with E-state index < -0.39 is 0 Å². The number of rotatable bonds is 2. The number of hydrogen-bond donors (Lipinski definition) is 1. The number of fused-ring (bicyclic) bond motifs is 1. The molecule has 1 N–H and O–H groups in total. The smallest absolute Gasteiger partial charge is 0.157 e. The molecule has 21 heavy (non-hydrogen) atoms. The highest BCUT2D eigenvalue weighted by molar-refractivity contribution is 6.33. The molecule has 0 radical (unpaired) electrons. The predicted octanol–water partition coefficient (Wildman–Crippen LogP) is 4.26. The number of nitrogens with one attached hydrogen (secondary N) is 1. The van der Waals surface area contributed by atoms with E-state index in [-0.39, 0.29) is 5.54 Å². The van der Waals surface area contributed by atoms with Gasteiger partial charge < -0.3 is 5.32 Å². The summed E-state index contributed by atoms with van der Waals surface area (Å²) in [6.45, 7) is 6.35. The minimum atomic E-state index is -0.0881. The molecule has 3 rings (SSSR count). The van der Waals surface area contributed by atoms with Crippen molar-refractivity contribution in [1.29, 1.82) is 0 Å². The molecular formula is C16H17ClN4. The van der Waals surface area contributed by atoms with Crippen molar-refractivity contribution in [2.24, 2.45) is 0 Å². The molecule has 0 amide bonds. The van der Waals surface area contributed by atoms with E-state index in [0.29, 0.717) is 5.02 Å². The number of anilines is 1. The Kier molecular flexibility index (Phi) is 3.33. The first-order chi connectivity index (χ1) is 9.96. The summed E-state index contributed by atoms with van der Waals surface area (Å²) in [5, 5.41) is 4.20. The van der Waals surface area contributed by atoms with Gasteiger partial charge in [0.05, 0.1) is 11.2 Å². The molecule has 0 bridgehead atoms. The van der Waals surface area contributed by atoms with Crippen molar-refractivity contribution in [2.75, 3.05) is 5.32 Å². The van der Waals surface area contributed by atoms with Crippen molar-refractivity contribution in [3.05, 3.63) is 47.9 Å². The van der Waals surface area contributed by atoms with Gasteiger partial charge in [-0.05, 0) is 26.8 Å². The second kappa shape index (κ2) is 5.04. The average molecular weight is 301 g/mol. The number of benzene rings is 1. The van der Waals surface area contributed by atoms with Gasteiger partial charge in [0.1, 0.15) is 11.5 Å². The third kappa shape index (κ3) is 2.72. The van der Waals surface area contributed by atoms with Gasteiger partial charge in [0, 0.05) is 23.5 Å². The van der Waals surface area contributed by atoms with Gasteiger partial charge in [0.2, 0.25) is 0 Å². The maximum atomic E-state index is 6.34. The lowest BCUT2D eigenvalue weighted by atomic mass is 10.1. The lowest BCUT2D eigenvalue weighted by molar-refractivity contribution is 0.629. The van der Waals surface area contributed by atoms with Crippen LogP contribution in [0.2, 0.25) is 5.02 Å². The second-order valence-electron chi connectivity index (χ2n) is 5.97. The third-order valence-corrected chi connectivity index (χ3v) is 3.38. The topological polar surface area (TPSA) is 42.2 Å². The van der Waals surface area contributed by atoms with Crippen molar-refractivity contribution < 1.29 is 0 Å². The van der Waals surface area contributed by atoms with E-state index in [0.717, 1.165) is 22.7 Å². The van der Waals surface area contributed by atoms with Gasteiger partial charge in [0.25, 0.3) is 0 Å². The standard InChI is InChI=1S/C16H17ClN4/c1-16(2,3)20-15-14(11-6-4-5-7-12(11)17)19-13-10-18-8-9-21(13)15/h4-10,20H,1-3H3. The van der Waals surface area contributed by atoms with Crippen LogP contribution in [0.25, 0.3) is 16.9 Å². The van der Waals surface area contributed by atoms with Crippen LogP contribution in [0.5, 0.6) is 0 Å². The van der Waals surface area contributed by atoms with Crippen LogP contribution in [0.4, 0.5) is 5.82 Å². The summed E-state index contributed by atoms with van der Waals surface area (Å²) >= 11 is 6.34. The van der Waals surface area contributed by atoms with E-state index in [4.69, 9.17) is 11.6 Å². The molecule has 108 valence electrons. The lowest BCUT2D eigenvalue weighted by Crippen LogP contribution is -2.27. The SMILES string of the molecule is CC(C)(C)Nc1c(-c2ccccc2Cl)nc2cnccn12. The van der Waals surface area contributed by atoms with Gasteiger partial charge in [-0.25, -0.2) is 4.98 Å². The van der Waals surface area contributed by atoms with Crippen molar-refractivity contribution in [1.82, 2.24) is 14.4 Å². The van der Waals surface area contributed by atoms with E-state index in [1.807, 2.05) is 34.9 Å². The normalized spacial score (nSPS) is 11.8. The molecule has 4 nitrogen and oxygen atoms in total. The molecule has 0 aliphatic rings. The Bertz CT molecular complexity index is 786. The van der Waals surface area contributed by atoms with Crippen molar-refractivity contribution >= 4 is 23.1 Å². The zero-order valence-corrected chi connectivity index (χ0v) is 13.0. The Morgan fingerprint density at radius 3 is 2.67 bits per heavy atom. The van der Waals surface area contributed by atoms with Gasteiger partial charge in [-0.1, -0.05) is 29.8 Å². The van der Waals surface area contributed by atoms with Gasteiger partial charge >= 0.3 is 0 Å². The van der Waals surface area contributed by atoms with Crippen molar-refractivity contribution in [2.45, 2.75) is 26.3 Å². The number of hydrogen-bond acceptors (Lipinski definition) is 3. The van der Waals surface area contributed by atoms with Gasteiger partial charge in [-0.3, -0.25) is 9.38 Å². The zero-order chi connectivity index (χ0) is 15.0. The summed E-state index contributed by atoms with van der Waals surface area (Å²) in [5.41, 5.74) is 2.45. The fourth-order valence-corrected chi connectivity index (χ4v) is 2.45. The summed E-state index contributed by atoms with van der Waals surface area (Å²) in [5.74, 6) is 0.924. The highest BCUT2D eigenvalue weighted by atomic mass is 35.5. The molecule has 5 heteroatoms. The predicted molar refractivity (Wildman–Crippen MR) is 86.8 cm³/mol. The second-order valence-corrected chi connectivity index (χ2v) is 6.38. The number of halogens is 1. The molecule has 1 aromatic carbocycles. The number of imidazole rings is 1. The van der Waals surface area contributed by atoms with E-state index >= 15 is 0 Å². The summed E-state index contributed by atoms with van der Waals surface area (Å²) < 4.78 is 2.00. The molecule has 0 aliphatic heterocycles. The maximum absolute atomic E-state index is 6.34. The summed E-state index contributed by atoms with van der Waals surface area (Å²) in [6.07, 6.45) is 5.39. The Morgan fingerprint density at radius 2 is 1.95 bits per heavy atom. The molecule has 0 atom stereocenters. The Balaban J connectivity index is 2.27. The number of nitrogens with zero attached hydrogens (tertiary/aromatic N) is 3. The fraction of sp³-hybridized carbons (Fsp3) is 0.250. The van der Waals surface area contributed by atoms with Gasteiger partial charge in [-0.15, -0.1) is 0 Å². The van der Waals surface area contributed by atoms with E-state index in [2.05, 4.69) is 36.1 Å². The Morgan fingerprint density at radius 1 is 1.19 bits per heavy atom. The molecule has 3 aromatic rings. The molecule has 0 unspecified atom stereocenters. The molecule has 2 aromatic heterocycles. The van der Waals surface area contributed by atoms with E-state index in [1.54, 1.807) is 12.4 Å². The Labute approximate surface area is 128 Å². The minimum Gasteiger partial charge on any atom is -0.365 e. The first kappa shape index (κ1) is 13.9. The highest BCUT2D eigenvalue weighted by Gasteiger charge is 2.20. The zero-order valence-electron chi connectivity index (χ0n) is 12.3. The summed E-state index contributed by atoms with van der Waals surface area (Å²) in [7, 11) is 0. The molecule has 0 saturated carbocycles. The summed E-state index contributed by atoms with van der Waals surface area (Å²) in [6, 6.07) is 7.73.